The third-order valence-corrected chi connectivity index (χ3v) is 6.29. The number of carbonyl (C=O) groups is 1. The molecule has 3 aromatic rings. The summed E-state index contributed by atoms with van der Waals surface area (Å²) in [4.78, 5) is 18.9. The maximum atomic E-state index is 13.3. The summed E-state index contributed by atoms with van der Waals surface area (Å²) in [6.07, 6.45) is -9.14. The van der Waals surface area contributed by atoms with Crippen molar-refractivity contribution in [1.29, 1.82) is 0 Å². The van der Waals surface area contributed by atoms with Gasteiger partial charge in [0.1, 0.15) is 0 Å². The van der Waals surface area contributed by atoms with Gasteiger partial charge >= 0.3 is 12.4 Å². The molecule has 1 saturated heterocycles. The fraction of sp³-hybridized carbons (Fsp3) is 0.364. The number of fused-ring (bicyclic) bond motifs is 1. The molecule has 0 spiro atoms. The number of halogens is 6. The second-order valence-electron chi connectivity index (χ2n) is 7.81. The number of hydrogen-bond acceptors (Lipinski definition) is 4. The van der Waals surface area contributed by atoms with Crippen molar-refractivity contribution in [3.8, 4) is 0 Å². The molecule has 0 bridgehead atoms. The highest BCUT2D eigenvalue weighted by atomic mass is 32.1. The Morgan fingerprint density at radius 3 is 2.33 bits per heavy atom. The molecule has 176 valence electrons. The van der Waals surface area contributed by atoms with E-state index in [4.69, 9.17) is 4.74 Å². The Hall–Kier alpha value is -2.66. The summed E-state index contributed by atoms with van der Waals surface area (Å²) in [5, 5.41) is 0.182. The minimum Gasteiger partial charge on any atom is -0.376 e. The lowest BCUT2D eigenvalue weighted by molar-refractivity contribution is -0.143. The maximum absolute atomic E-state index is 13.3. The lowest BCUT2D eigenvalue weighted by atomic mass is 10.0. The summed E-state index contributed by atoms with van der Waals surface area (Å²) in [7, 11) is 0. The molecule has 1 aliphatic rings. The molecule has 4 nitrogen and oxygen atoms in total. The van der Waals surface area contributed by atoms with Crippen LogP contribution < -0.4 is 4.90 Å². The molecule has 2 heterocycles. The number of benzene rings is 2. The maximum Gasteiger partial charge on any atom is 0.416 e. The Balaban J connectivity index is 1.80. The van der Waals surface area contributed by atoms with E-state index in [0.29, 0.717) is 30.7 Å². The molecule has 1 atom stereocenters. The highest BCUT2D eigenvalue weighted by Gasteiger charge is 2.38. The van der Waals surface area contributed by atoms with Gasteiger partial charge in [0, 0.05) is 12.2 Å². The van der Waals surface area contributed by atoms with Gasteiger partial charge in [-0.3, -0.25) is 9.69 Å². The Kier molecular flexibility index (Phi) is 6.12. The van der Waals surface area contributed by atoms with E-state index in [0.717, 1.165) is 32.9 Å². The molecule has 0 saturated carbocycles. The van der Waals surface area contributed by atoms with Crippen molar-refractivity contribution in [3.05, 3.63) is 58.7 Å². The van der Waals surface area contributed by atoms with Gasteiger partial charge in [-0.2, -0.15) is 26.3 Å². The van der Waals surface area contributed by atoms with Crippen LogP contribution in [0.25, 0.3) is 10.2 Å². The lowest BCUT2D eigenvalue weighted by Crippen LogP contribution is -2.37. The minimum atomic E-state index is -5.05. The molecule has 1 unspecified atom stereocenters. The number of hydrogen-bond donors (Lipinski definition) is 0. The van der Waals surface area contributed by atoms with E-state index in [1.54, 1.807) is 6.07 Å². The third-order valence-electron chi connectivity index (χ3n) is 5.25. The molecule has 2 aromatic carbocycles. The number of carbonyl (C=O) groups excluding carboxylic acids is 1. The summed E-state index contributed by atoms with van der Waals surface area (Å²) in [6, 6.07) is 6.29. The van der Waals surface area contributed by atoms with Crippen molar-refractivity contribution in [2.45, 2.75) is 38.2 Å². The van der Waals surface area contributed by atoms with Gasteiger partial charge in [-0.25, -0.2) is 4.98 Å². The van der Waals surface area contributed by atoms with Gasteiger partial charge in [0.25, 0.3) is 5.91 Å². The van der Waals surface area contributed by atoms with Crippen molar-refractivity contribution in [2.24, 2.45) is 0 Å². The van der Waals surface area contributed by atoms with Gasteiger partial charge in [0.15, 0.2) is 5.13 Å². The first-order valence-corrected chi connectivity index (χ1v) is 10.8. The summed E-state index contributed by atoms with van der Waals surface area (Å²) < 4.78 is 86.1. The fourth-order valence-electron chi connectivity index (χ4n) is 3.61. The van der Waals surface area contributed by atoms with E-state index in [-0.39, 0.29) is 17.7 Å². The second-order valence-corrected chi connectivity index (χ2v) is 8.82. The highest BCUT2D eigenvalue weighted by Crippen LogP contribution is 2.37. The van der Waals surface area contributed by atoms with Crippen molar-refractivity contribution >= 4 is 32.6 Å². The van der Waals surface area contributed by atoms with Crippen LogP contribution in [0.3, 0.4) is 0 Å². The van der Waals surface area contributed by atoms with Gasteiger partial charge in [-0.05, 0) is 55.7 Å². The third kappa shape index (κ3) is 5.14. The lowest BCUT2D eigenvalue weighted by Gasteiger charge is -2.24. The largest absolute Gasteiger partial charge is 0.416 e. The Bertz CT molecular complexity index is 1150. The standard InChI is InChI=1S/C22H18F6N2O2S/c1-12-4-5-17-18(7-12)33-20(29-17)30(11-16-3-2-6-32-16)19(31)13-8-14(21(23,24)25)10-15(9-13)22(26,27)28/h4-5,7-10,16H,2-3,6,11H2,1H3. The number of alkyl halides is 6. The van der Waals surface area contributed by atoms with Crippen LogP contribution in [0.1, 0.15) is 39.9 Å². The second kappa shape index (κ2) is 8.60. The zero-order valence-corrected chi connectivity index (χ0v) is 18.1. The van der Waals surface area contributed by atoms with Crippen molar-refractivity contribution in [2.75, 3.05) is 18.1 Å². The molecule has 11 heteroatoms. The average molecular weight is 488 g/mol. The number of anilines is 1. The van der Waals surface area contributed by atoms with E-state index in [1.165, 1.54) is 0 Å². The van der Waals surface area contributed by atoms with Crippen LogP contribution in [-0.4, -0.2) is 30.1 Å². The van der Waals surface area contributed by atoms with E-state index < -0.39 is 41.1 Å². The molecule has 1 fully saturated rings. The highest BCUT2D eigenvalue weighted by molar-refractivity contribution is 7.22. The van der Waals surface area contributed by atoms with E-state index in [2.05, 4.69) is 4.98 Å². The first kappa shape index (κ1) is 23.5. The molecule has 4 rings (SSSR count). The van der Waals surface area contributed by atoms with E-state index >= 15 is 0 Å². The number of ether oxygens (including phenoxy) is 1. The summed E-state index contributed by atoms with van der Waals surface area (Å²) in [6.45, 7) is 2.30. The van der Waals surface area contributed by atoms with Crippen molar-refractivity contribution in [1.82, 2.24) is 4.98 Å². The van der Waals surface area contributed by atoms with Crippen LogP contribution >= 0.6 is 11.3 Å². The van der Waals surface area contributed by atoms with Gasteiger partial charge in [-0.1, -0.05) is 17.4 Å². The van der Waals surface area contributed by atoms with Gasteiger partial charge < -0.3 is 4.74 Å². The van der Waals surface area contributed by atoms with Crippen LogP contribution in [0.2, 0.25) is 0 Å². The fourth-order valence-corrected chi connectivity index (χ4v) is 4.68. The number of amides is 1. The zero-order valence-electron chi connectivity index (χ0n) is 17.3. The summed E-state index contributed by atoms with van der Waals surface area (Å²) >= 11 is 1.14. The molecule has 1 amide bonds. The Morgan fingerprint density at radius 1 is 1.09 bits per heavy atom. The van der Waals surface area contributed by atoms with Gasteiger partial charge in [-0.15, -0.1) is 0 Å². The number of aryl methyl sites for hydroxylation is 1. The minimum absolute atomic E-state index is 0.00165. The Labute approximate surface area is 188 Å². The number of thiazole rings is 1. The SMILES string of the molecule is Cc1ccc2nc(N(CC3CCCO3)C(=O)c3cc(C(F)(F)F)cc(C(F)(F)F)c3)sc2c1. The monoisotopic (exact) mass is 488 g/mol. The molecule has 0 aliphatic carbocycles. The normalized spacial score (nSPS) is 17.0. The number of rotatable bonds is 4. The number of nitrogens with zero attached hydrogens (tertiary/aromatic N) is 2. The molecular weight excluding hydrogens is 470 g/mol. The molecule has 0 radical (unpaired) electrons. The first-order chi connectivity index (χ1) is 15.4. The van der Waals surface area contributed by atoms with Crippen LogP contribution in [0.4, 0.5) is 31.5 Å². The van der Waals surface area contributed by atoms with Crippen molar-refractivity contribution in [3.63, 3.8) is 0 Å². The molecule has 1 aromatic heterocycles. The molecule has 1 aliphatic heterocycles. The van der Waals surface area contributed by atoms with E-state index in [9.17, 15) is 31.1 Å². The van der Waals surface area contributed by atoms with Gasteiger partial charge in [0.2, 0.25) is 0 Å². The zero-order chi connectivity index (χ0) is 24.0. The van der Waals surface area contributed by atoms with Crippen molar-refractivity contribution < 1.29 is 35.9 Å². The predicted octanol–water partition coefficient (Wildman–Crippen LogP) is 6.47. The predicted molar refractivity (Wildman–Crippen MR) is 111 cm³/mol. The molecule has 0 N–H and O–H groups in total. The topological polar surface area (TPSA) is 42.4 Å². The number of aromatic nitrogens is 1. The smallest absolute Gasteiger partial charge is 0.376 e. The van der Waals surface area contributed by atoms with Crippen LogP contribution in [0.15, 0.2) is 36.4 Å². The molecular formula is C22H18F6N2O2S. The summed E-state index contributed by atoms with van der Waals surface area (Å²) in [5.74, 6) is -1.00. The summed E-state index contributed by atoms with van der Waals surface area (Å²) in [5.41, 5.74) is -2.28. The van der Waals surface area contributed by atoms with E-state index in [1.807, 2.05) is 19.1 Å². The molecule has 33 heavy (non-hydrogen) atoms. The quantitative estimate of drug-likeness (QED) is 0.396. The Morgan fingerprint density at radius 2 is 1.76 bits per heavy atom. The van der Waals surface area contributed by atoms with Gasteiger partial charge in [0.05, 0.1) is 34.0 Å². The average Bonchev–Trinajstić information content (AvgIpc) is 3.39. The van der Waals surface area contributed by atoms with Crippen LogP contribution in [-0.2, 0) is 17.1 Å². The first-order valence-electron chi connectivity index (χ1n) is 10.0. The van der Waals surface area contributed by atoms with Crippen LogP contribution in [0.5, 0.6) is 0 Å². The van der Waals surface area contributed by atoms with Crippen LogP contribution in [0, 0.1) is 6.92 Å².